The van der Waals surface area contributed by atoms with Crippen LogP contribution in [0.2, 0.25) is 0 Å². The molecular weight excluding hydrogens is 164 g/mol. The smallest absolute Gasteiger partial charge is 0.0932 e. The van der Waals surface area contributed by atoms with Gasteiger partial charge in [-0.3, -0.25) is 0 Å². The normalized spacial score (nSPS) is 10.3. The Bertz CT molecular complexity index is 124. The van der Waals surface area contributed by atoms with Gasteiger partial charge in [0.25, 0.3) is 0 Å². The summed E-state index contributed by atoms with van der Waals surface area (Å²) in [5, 5.41) is 0. The SMILES string of the molecule is C=CC(C=C)OCCCCCOC. The number of rotatable bonds is 9. The van der Waals surface area contributed by atoms with Crippen LogP contribution < -0.4 is 0 Å². The Hall–Kier alpha value is -0.600. The van der Waals surface area contributed by atoms with Gasteiger partial charge in [-0.2, -0.15) is 0 Å². The Balaban J connectivity index is 3.14. The van der Waals surface area contributed by atoms with Gasteiger partial charge in [0.2, 0.25) is 0 Å². The fourth-order valence-corrected chi connectivity index (χ4v) is 0.977. The van der Waals surface area contributed by atoms with Crippen LogP contribution in [0.25, 0.3) is 0 Å². The fourth-order valence-electron chi connectivity index (χ4n) is 0.977. The minimum atomic E-state index is 0.00225. The van der Waals surface area contributed by atoms with Gasteiger partial charge in [-0.15, -0.1) is 13.2 Å². The highest BCUT2D eigenvalue weighted by Gasteiger charge is 1.96. The van der Waals surface area contributed by atoms with E-state index in [4.69, 9.17) is 9.47 Å². The lowest BCUT2D eigenvalue weighted by molar-refractivity contribution is 0.109. The second kappa shape index (κ2) is 9.49. The molecule has 0 spiro atoms. The van der Waals surface area contributed by atoms with Crippen LogP contribution in [0.1, 0.15) is 19.3 Å². The van der Waals surface area contributed by atoms with Gasteiger partial charge in [0.1, 0.15) is 0 Å². The van der Waals surface area contributed by atoms with Crippen molar-refractivity contribution in [2.75, 3.05) is 20.3 Å². The molecule has 0 aliphatic heterocycles. The van der Waals surface area contributed by atoms with Crippen molar-refractivity contribution in [2.45, 2.75) is 25.4 Å². The first-order valence-corrected chi connectivity index (χ1v) is 4.70. The molecule has 76 valence electrons. The Morgan fingerprint density at radius 2 is 1.69 bits per heavy atom. The monoisotopic (exact) mass is 184 g/mol. The van der Waals surface area contributed by atoms with Crippen molar-refractivity contribution < 1.29 is 9.47 Å². The average molecular weight is 184 g/mol. The molecule has 0 radical (unpaired) electrons. The highest BCUT2D eigenvalue weighted by Crippen LogP contribution is 2.00. The predicted octanol–water partition coefficient (Wildman–Crippen LogP) is 2.56. The van der Waals surface area contributed by atoms with Crippen LogP contribution in [-0.4, -0.2) is 26.4 Å². The molecule has 0 aromatic carbocycles. The lowest BCUT2D eigenvalue weighted by atomic mass is 10.2. The summed E-state index contributed by atoms with van der Waals surface area (Å²) < 4.78 is 10.4. The van der Waals surface area contributed by atoms with E-state index in [0.29, 0.717) is 0 Å². The second-order valence-corrected chi connectivity index (χ2v) is 2.86. The van der Waals surface area contributed by atoms with Crippen molar-refractivity contribution in [3.05, 3.63) is 25.3 Å². The number of methoxy groups -OCH3 is 1. The van der Waals surface area contributed by atoms with Crippen molar-refractivity contribution in [3.63, 3.8) is 0 Å². The zero-order valence-corrected chi connectivity index (χ0v) is 8.50. The van der Waals surface area contributed by atoms with Gasteiger partial charge < -0.3 is 9.47 Å². The fraction of sp³-hybridized carbons (Fsp3) is 0.636. The molecule has 0 aliphatic rings. The van der Waals surface area contributed by atoms with E-state index in [9.17, 15) is 0 Å². The van der Waals surface area contributed by atoms with E-state index in [2.05, 4.69) is 13.2 Å². The molecule has 0 aliphatic carbocycles. The topological polar surface area (TPSA) is 18.5 Å². The van der Waals surface area contributed by atoms with E-state index in [1.807, 2.05) is 0 Å². The second-order valence-electron chi connectivity index (χ2n) is 2.86. The van der Waals surface area contributed by atoms with Crippen molar-refractivity contribution >= 4 is 0 Å². The Labute approximate surface area is 81.2 Å². The van der Waals surface area contributed by atoms with E-state index < -0.39 is 0 Å². The molecule has 13 heavy (non-hydrogen) atoms. The summed E-state index contributed by atoms with van der Waals surface area (Å²) in [4.78, 5) is 0. The maximum atomic E-state index is 5.44. The van der Waals surface area contributed by atoms with E-state index in [1.54, 1.807) is 19.3 Å². The summed E-state index contributed by atoms with van der Waals surface area (Å²) in [6.45, 7) is 8.90. The Kier molecular flexibility index (Phi) is 9.05. The molecule has 2 heteroatoms. The zero-order chi connectivity index (χ0) is 9.94. The van der Waals surface area contributed by atoms with Crippen molar-refractivity contribution in [1.29, 1.82) is 0 Å². The number of unbranched alkanes of at least 4 members (excludes halogenated alkanes) is 2. The molecule has 0 aromatic heterocycles. The zero-order valence-electron chi connectivity index (χ0n) is 8.50. The standard InChI is InChI=1S/C11H20O2/c1-4-11(5-2)13-10-8-6-7-9-12-3/h4-5,11H,1-2,6-10H2,3H3. The first-order valence-electron chi connectivity index (χ1n) is 4.70. The third-order valence-corrected chi connectivity index (χ3v) is 1.77. The van der Waals surface area contributed by atoms with E-state index in [0.717, 1.165) is 32.5 Å². The van der Waals surface area contributed by atoms with Crippen LogP contribution in [0.5, 0.6) is 0 Å². The highest BCUT2D eigenvalue weighted by atomic mass is 16.5. The molecular formula is C11H20O2. The summed E-state index contributed by atoms with van der Waals surface area (Å²) in [7, 11) is 1.72. The summed E-state index contributed by atoms with van der Waals surface area (Å²) in [6, 6.07) is 0. The number of ether oxygens (including phenoxy) is 2. The third kappa shape index (κ3) is 7.75. The molecule has 0 unspecified atom stereocenters. The van der Waals surface area contributed by atoms with Gasteiger partial charge in [-0.25, -0.2) is 0 Å². The minimum absolute atomic E-state index is 0.00225. The van der Waals surface area contributed by atoms with Crippen molar-refractivity contribution in [2.24, 2.45) is 0 Å². The largest absolute Gasteiger partial charge is 0.385 e. The van der Waals surface area contributed by atoms with Crippen LogP contribution in [0.15, 0.2) is 25.3 Å². The molecule has 2 nitrogen and oxygen atoms in total. The quantitative estimate of drug-likeness (QED) is 0.405. The maximum Gasteiger partial charge on any atom is 0.0932 e. The highest BCUT2D eigenvalue weighted by molar-refractivity contribution is 4.93. The number of hydrogen-bond acceptors (Lipinski definition) is 2. The van der Waals surface area contributed by atoms with Gasteiger partial charge in [-0.1, -0.05) is 12.2 Å². The summed E-state index contributed by atoms with van der Waals surface area (Å²) >= 11 is 0. The van der Waals surface area contributed by atoms with Crippen LogP contribution in [0, 0.1) is 0 Å². The predicted molar refractivity (Wildman–Crippen MR) is 55.9 cm³/mol. The van der Waals surface area contributed by atoms with Crippen LogP contribution in [0.4, 0.5) is 0 Å². The maximum absolute atomic E-state index is 5.44. The molecule has 0 fully saturated rings. The first-order chi connectivity index (χ1) is 6.35. The summed E-state index contributed by atoms with van der Waals surface area (Å²) in [5.74, 6) is 0. The molecule has 0 bridgehead atoms. The Morgan fingerprint density at radius 3 is 2.23 bits per heavy atom. The van der Waals surface area contributed by atoms with Crippen LogP contribution >= 0.6 is 0 Å². The van der Waals surface area contributed by atoms with Crippen molar-refractivity contribution in [1.82, 2.24) is 0 Å². The van der Waals surface area contributed by atoms with Crippen LogP contribution in [-0.2, 0) is 9.47 Å². The van der Waals surface area contributed by atoms with Gasteiger partial charge >= 0.3 is 0 Å². The molecule has 0 atom stereocenters. The lowest BCUT2D eigenvalue weighted by Gasteiger charge is -2.08. The molecule has 0 heterocycles. The Morgan fingerprint density at radius 1 is 1.08 bits per heavy atom. The van der Waals surface area contributed by atoms with Crippen LogP contribution in [0.3, 0.4) is 0 Å². The van der Waals surface area contributed by atoms with E-state index >= 15 is 0 Å². The van der Waals surface area contributed by atoms with Gasteiger partial charge in [0, 0.05) is 20.3 Å². The molecule has 0 aromatic rings. The lowest BCUT2D eigenvalue weighted by Crippen LogP contribution is -2.06. The summed E-state index contributed by atoms with van der Waals surface area (Å²) in [5.41, 5.74) is 0. The third-order valence-electron chi connectivity index (χ3n) is 1.77. The molecule has 0 rings (SSSR count). The van der Waals surface area contributed by atoms with E-state index in [-0.39, 0.29) is 6.10 Å². The van der Waals surface area contributed by atoms with Gasteiger partial charge in [0.05, 0.1) is 6.10 Å². The van der Waals surface area contributed by atoms with Gasteiger partial charge in [0.15, 0.2) is 0 Å². The van der Waals surface area contributed by atoms with E-state index in [1.165, 1.54) is 0 Å². The molecule has 0 saturated heterocycles. The average Bonchev–Trinajstić information content (AvgIpc) is 2.17. The number of hydrogen-bond donors (Lipinski definition) is 0. The molecule has 0 amide bonds. The summed E-state index contributed by atoms with van der Waals surface area (Å²) in [6.07, 6.45) is 6.83. The molecule has 0 N–H and O–H groups in total. The van der Waals surface area contributed by atoms with Gasteiger partial charge in [-0.05, 0) is 19.3 Å². The van der Waals surface area contributed by atoms with Crippen molar-refractivity contribution in [3.8, 4) is 0 Å². The minimum Gasteiger partial charge on any atom is -0.385 e. The first kappa shape index (κ1) is 12.4. The molecule has 0 saturated carbocycles.